The third kappa shape index (κ3) is 1.69. The lowest BCUT2D eigenvalue weighted by Gasteiger charge is -2.00. The van der Waals surface area contributed by atoms with Gasteiger partial charge in [0, 0.05) is 16.8 Å². The summed E-state index contributed by atoms with van der Waals surface area (Å²) in [7, 11) is 1.08. The Morgan fingerprint density at radius 2 is 2.00 bits per heavy atom. The molecule has 0 atom stereocenters. The molecule has 0 aliphatic carbocycles. The van der Waals surface area contributed by atoms with Gasteiger partial charge in [-0.25, -0.2) is 0 Å². The number of hydrogen-bond donors (Lipinski definition) is 1. The second-order valence-corrected chi connectivity index (χ2v) is 3.48. The molecule has 10 heavy (non-hydrogen) atoms. The minimum absolute atomic E-state index is 0.263. The summed E-state index contributed by atoms with van der Waals surface area (Å²) in [5, 5.41) is 10.1. The van der Waals surface area contributed by atoms with Crippen molar-refractivity contribution in [3.8, 4) is 0 Å². The van der Waals surface area contributed by atoms with Gasteiger partial charge in [0.2, 0.25) is 0 Å². The predicted octanol–water partition coefficient (Wildman–Crippen LogP) is -0.788. The Morgan fingerprint density at radius 1 is 1.30 bits per heavy atom. The van der Waals surface area contributed by atoms with Crippen LogP contribution >= 0.6 is 0 Å². The van der Waals surface area contributed by atoms with Crippen molar-refractivity contribution in [2.75, 3.05) is 6.61 Å². The van der Waals surface area contributed by atoms with E-state index >= 15 is 0 Å². The largest absolute Gasteiger partial charge is 0.396 e. The smallest absolute Gasteiger partial charge is 0.0471 e. The summed E-state index contributed by atoms with van der Waals surface area (Å²) in [6, 6.07) is 8.27. The Hall–Kier alpha value is -0.603. The Kier molecular flexibility index (Phi) is 2.65. The van der Waals surface area contributed by atoms with Crippen molar-refractivity contribution in [2.45, 2.75) is 6.42 Å². The van der Waals surface area contributed by atoms with E-state index in [1.54, 1.807) is 0 Å². The zero-order chi connectivity index (χ0) is 7.40. The molecule has 1 aromatic rings. The van der Waals surface area contributed by atoms with Gasteiger partial charge in [0.1, 0.15) is 0 Å². The van der Waals surface area contributed by atoms with Gasteiger partial charge in [0.15, 0.2) is 0 Å². The molecule has 0 aromatic heterocycles. The van der Waals surface area contributed by atoms with Gasteiger partial charge in [-0.3, -0.25) is 0 Å². The van der Waals surface area contributed by atoms with Gasteiger partial charge in [-0.05, 0) is 12.0 Å². The van der Waals surface area contributed by atoms with Gasteiger partial charge in [-0.1, -0.05) is 29.5 Å². The van der Waals surface area contributed by atoms with Crippen LogP contribution in [0.15, 0.2) is 24.3 Å². The fraction of sp³-hybridized carbons (Fsp3) is 0.250. The molecule has 0 spiro atoms. The average Bonchev–Trinajstić information content (AvgIpc) is 1.94. The topological polar surface area (TPSA) is 20.2 Å². The van der Waals surface area contributed by atoms with E-state index in [-0.39, 0.29) is 6.61 Å². The quantitative estimate of drug-likeness (QED) is 0.551. The fourth-order valence-electron chi connectivity index (χ4n) is 1.01. The van der Waals surface area contributed by atoms with E-state index in [1.807, 2.05) is 12.1 Å². The SMILES string of the molecule is OCCc1ccccc1[SiH3]. The monoisotopic (exact) mass is 152 g/mol. The summed E-state index contributed by atoms with van der Waals surface area (Å²) in [6.07, 6.45) is 0.805. The highest BCUT2D eigenvalue weighted by Gasteiger charge is 1.92. The zero-order valence-corrected chi connectivity index (χ0v) is 8.17. The van der Waals surface area contributed by atoms with E-state index in [4.69, 9.17) is 5.11 Å². The second-order valence-electron chi connectivity index (χ2n) is 2.40. The van der Waals surface area contributed by atoms with E-state index in [9.17, 15) is 0 Å². The van der Waals surface area contributed by atoms with Crippen LogP contribution in [-0.2, 0) is 6.42 Å². The third-order valence-electron chi connectivity index (χ3n) is 1.64. The number of aliphatic hydroxyl groups excluding tert-OH is 1. The first-order valence-corrected chi connectivity index (χ1v) is 4.50. The molecule has 0 unspecified atom stereocenters. The molecule has 0 amide bonds. The van der Waals surface area contributed by atoms with E-state index in [0.29, 0.717) is 0 Å². The molecule has 1 aromatic carbocycles. The van der Waals surface area contributed by atoms with Crippen molar-refractivity contribution in [1.29, 1.82) is 0 Å². The van der Waals surface area contributed by atoms with Gasteiger partial charge in [-0.15, -0.1) is 0 Å². The van der Waals surface area contributed by atoms with Gasteiger partial charge < -0.3 is 5.11 Å². The molecule has 0 radical (unpaired) electrons. The van der Waals surface area contributed by atoms with Crippen LogP contribution in [0.25, 0.3) is 0 Å². The zero-order valence-electron chi connectivity index (χ0n) is 6.17. The number of hydrogen-bond acceptors (Lipinski definition) is 1. The molecular weight excluding hydrogens is 140 g/mol. The van der Waals surface area contributed by atoms with Crippen molar-refractivity contribution in [2.24, 2.45) is 0 Å². The molecule has 1 rings (SSSR count). The molecule has 0 bridgehead atoms. The maximum atomic E-state index is 8.66. The molecule has 0 saturated heterocycles. The minimum atomic E-state index is 0.263. The summed E-state index contributed by atoms with van der Waals surface area (Å²) in [5.41, 5.74) is 1.30. The first-order chi connectivity index (χ1) is 4.84. The van der Waals surface area contributed by atoms with E-state index < -0.39 is 0 Å². The highest BCUT2D eigenvalue weighted by molar-refractivity contribution is 6.33. The lowest BCUT2D eigenvalue weighted by Crippen LogP contribution is -2.10. The molecule has 0 fully saturated rings. The van der Waals surface area contributed by atoms with Gasteiger partial charge >= 0.3 is 0 Å². The van der Waals surface area contributed by atoms with Crippen molar-refractivity contribution in [1.82, 2.24) is 0 Å². The molecular formula is C8H12OSi. The van der Waals surface area contributed by atoms with Crippen LogP contribution in [-0.4, -0.2) is 22.0 Å². The normalized spacial score (nSPS) is 10.1. The maximum absolute atomic E-state index is 8.66. The molecule has 0 aliphatic rings. The van der Waals surface area contributed by atoms with Crippen molar-refractivity contribution < 1.29 is 5.11 Å². The van der Waals surface area contributed by atoms with Gasteiger partial charge in [0.05, 0.1) is 0 Å². The lowest BCUT2D eigenvalue weighted by atomic mass is 10.2. The van der Waals surface area contributed by atoms with Crippen LogP contribution in [0.2, 0.25) is 0 Å². The molecule has 1 N–H and O–H groups in total. The third-order valence-corrected chi connectivity index (χ3v) is 2.62. The van der Waals surface area contributed by atoms with Crippen molar-refractivity contribution in [3.05, 3.63) is 29.8 Å². The Bertz CT molecular complexity index is 210. The number of rotatable bonds is 2. The summed E-state index contributed by atoms with van der Waals surface area (Å²) >= 11 is 0. The molecule has 2 heteroatoms. The molecule has 0 aliphatic heterocycles. The highest BCUT2D eigenvalue weighted by Crippen LogP contribution is 1.94. The van der Waals surface area contributed by atoms with Crippen LogP contribution in [0, 0.1) is 0 Å². The first-order valence-electron chi connectivity index (χ1n) is 3.50. The first kappa shape index (κ1) is 7.50. The average molecular weight is 152 g/mol. The van der Waals surface area contributed by atoms with Crippen LogP contribution in [0.1, 0.15) is 5.56 Å². The van der Waals surface area contributed by atoms with Gasteiger partial charge in [-0.2, -0.15) is 0 Å². The van der Waals surface area contributed by atoms with Crippen LogP contribution in [0.3, 0.4) is 0 Å². The molecule has 0 heterocycles. The lowest BCUT2D eigenvalue weighted by molar-refractivity contribution is 0.300. The van der Waals surface area contributed by atoms with E-state index in [0.717, 1.165) is 16.7 Å². The van der Waals surface area contributed by atoms with Gasteiger partial charge in [0.25, 0.3) is 0 Å². The van der Waals surface area contributed by atoms with Crippen LogP contribution < -0.4 is 5.19 Å². The second kappa shape index (κ2) is 3.54. The molecule has 1 nitrogen and oxygen atoms in total. The standard InChI is InChI=1S/C8H12OSi/c9-6-5-7-3-1-2-4-8(7)10/h1-4,9H,5-6H2,10H3. The summed E-state index contributed by atoms with van der Waals surface area (Å²) in [4.78, 5) is 0. The summed E-state index contributed by atoms with van der Waals surface area (Å²) in [5.74, 6) is 0. The molecule has 54 valence electrons. The molecule has 0 saturated carbocycles. The van der Waals surface area contributed by atoms with E-state index in [2.05, 4.69) is 12.1 Å². The number of benzene rings is 1. The summed E-state index contributed by atoms with van der Waals surface area (Å²) < 4.78 is 0. The van der Waals surface area contributed by atoms with Crippen molar-refractivity contribution in [3.63, 3.8) is 0 Å². The highest BCUT2D eigenvalue weighted by atomic mass is 28.1. The summed E-state index contributed by atoms with van der Waals surface area (Å²) in [6.45, 7) is 0.263. The van der Waals surface area contributed by atoms with Crippen LogP contribution in [0.4, 0.5) is 0 Å². The van der Waals surface area contributed by atoms with E-state index in [1.165, 1.54) is 10.8 Å². The van der Waals surface area contributed by atoms with Crippen LogP contribution in [0.5, 0.6) is 0 Å². The Labute approximate surface area is 64.1 Å². The van der Waals surface area contributed by atoms with Crippen molar-refractivity contribution >= 4 is 15.4 Å². The minimum Gasteiger partial charge on any atom is -0.396 e. The number of aliphatic hydroxyl groups is 1. The predicted molar refractivity (Wildman–Crippen MR) is 46.8 cm³/mol. The fourth-order valence-corrected chi connectivity index (χ4v) is 1.62. The maximum Gasteiger partial charge on any atom is 0.0471 e. The Balaban J connectivity index is 2.81. The Morgan fingerprint density at radius 3 is 2.60 bits per heavy atom.